The molecule has 4 rings (SSSR count). The Morgan fingerprint density at radius 2 is 1.68 bits per heavy atom. The van der Waals surface area contributed by atoms with Crippen LogP contribution < -0.4 is 9.64 Å². The molecule has 1 aliphatic rings. The van der Waals surface area contributed by atoms with Crippen molar-refractivity contribution in [2.75, 3.05) is 25.1 Å². The summed E-state index contributed by atoms with van der Waals surface area (Å²) in [5, 5.41) is 11.7. The zero-order chi connectivity index (χ0) is 26.7. The van der Waals surface area contributed by atoms with Gasteiger partial charge < -0.3 is 19.6 Å². The molecule has 3 aromatic carbocycles. The highest BCUT2D eigenvalue weighted by Gasteiger charge is 2.46. The first-order valence-corrected chi connectivity index (χ1v) is 12.4. The first-order valence-electron chi connectivity index (χ1n) is 12.0. The first-order chi connectivity index (χ1) is 17.8. The van der Waals surface area contributed by atoms with Crippen LogP contribution in [0.15, 0.2) is 72.3 Å². The van der Waals surface area contributed by atoms with Crippen LogP contribution in [0.1, 0.15) is 36.6 Å². The molecule has 1 aliphatic heterocycles. The smallest absolute Gasteiger partial charge is 0.295 e. The van der Waals surface area contributed by atoms with E-state index >= 15 is 0 Å². The monoisotopic (exact) mass is 522 g/mol. The average Bonchev–Trinajstić information content (AvgIpc) is 3.16. The van der Waals surface area contributed by atoms with Crippen molar-refractivity contribution in [3.05, 3.63) is 99.8 Å². The number of carbonyl (C=O) groups excluding carboxylic acids is 2. The van der Waals surface area contributed by atoms with Crippen molar-refractivity contribution in [3.8, 4) is 5.75 Å². The summed E-state index contributed by atoms with van der Waals surface area (Å²) in [4.78, 5) is 30.2. The highest BCUT2D eigenvalue weighted by atomic mass is 35.5. The molecule has 1 atom stereocenters. The Morgan fingerprint density at radius 1 is 1.03 bits per heavy atom. The van der Waals surface area contributed by atoms with Crippen molar-refractivity contribution in [1.82, 2.24) is 4.90 Å². The molecule has 3 aromatic rings. The molecule has 0 spiro atoms. The quantitative estimate of drug-likeness (QED) is 0.225. The Bertz CT molecular complexity index is 1340. The van der Waals surface area contributed by atoms with Gasteiger partial charge in [-0.15, -0.1) is 0 Å². The second kappa shape index (κ2) is 11.0. The van der Waals surface area contributed by atoms with Crippen LogP contribution in [0.25, 0.3) is 5.76 Å². The second-order valence-electron chi connectivity index (χ2n) is 8.67. The Hall–Kier alpha value is -3.84. The van der Waals surface area contributed by atoms with Crippen molar-refractivity contribution in [1.29, 1.82) is 0 Å². The van der Waals surface area contributed by atoms with Crippen LogP contribution in [0.5, 0.6) is 5.75 Å². The van der Waals surface area contributed by atoms with Gasteiger partial charge in [-0.25, -0.2) is 4.39 Å². The summed E-state index contributed by atoms with van der Waals surface area (Å²) in [6, 6.07) is 17.1. The highest BCUT2D eigenvalue weighted by Crippen LogP contribution is 2.41. The molecule has 0 radical (unpaired) electrons. The van der Waals surface area contributed by atoms with E-state index < -0.39 is 23.5 Å². The zero-order valence-corrected chi connectivity index (χ0v) is 21.6. The number of ether oxygens (including phenoxy) is 1. The van der Waals surface area contributed by atoms with Crippen LogP contribution in [0, 0.1) is 5.82 Å². The maximum Gasteiger partial charge on any atom is 0.295 e. The minimum absolute atomic E-state index is 0.0351. The van der Waals surface area contributed by atoms with Gasteiger partial charge >= 0.3 is 0 Å². The topological polar surface area (TPSA) is 70.1 Å². The summed E-state index contributed by atoms with van der Waals surface area (Å²) < 4.78 is 18.8. The summed E-state index contributed by atoms with van der Waals surface area (Å²) >= 11 is 6.14. The summed E-state index contributed by atoms with van der Waals surface area (Å²) in [7, 11) is 1.45. The predicted octanol–water partition coefficient (Wildman–Crippen LogP) is 5.96. The van der Waals surface area contributed by atoms with Gasteiger partial charge in [0.05, 0.1) is 23.7 Å². The maximum atomic E-state index is 13.5. The molecular weight excluding hydrogens is 495 g/mol. The molecule has 1 saturated heterocycles. The number of amides is 1. The largest absolute Gasteiger partial charge is 0.507 e. The lowest BCUT2D eigenvalue weighted by atomic mass is 9.94. The van der Waals surface area contributed by atoms with Crippen LogP contribution in [-0.4, -0.2) is 41.9 Å². The van der Waals surface area contributed by atoms with Crippen LogP contribution in [0.4, 0.5) is 10.1 Å². The lowest BCUT2D eigenvalue weighted by molar-refractivity contribution is -0.140. The summed E-state index contributed by atoms with van der Waals surface area (Å²) in [5.74, 6) is -1.94. The molecule has 37 heavy (non-hydrogen) atoms. The van der Waals surface area contributed by atoms with E-state index in [0.717, 1.165) is 18.8 Å². The normalized spacial score (nSPS) is 16.8. The fourth-order valence-electron chi connectivity index (χ4n) is 4.59. The lowest BCUT2D eigenvalue weighted by Crippen LogP contribution is -2.29. The van der Waals surface area contributed by atoms with E-state index in [4.69, 9.17) is 16.3 Å². The van der Waals surface area contributed by atoms with Gasteiger partial charge in [-0.2, -0.15) is 0 Å². The summed E-state index contributed by atoms with van der Waals surface area (Å²) in [5.41, 5.74) is 2.59. The molecule has 0 bridgehead atoms. The van der Waals surface area contributed by atoms with Crippen LogP contribution in [-0.2, 0) is 16.1 Å². The molecule has 1 unspecified atom stereocenters. The van der Waals surface area contributed by atoms with E-state index in [1.807, 2.05) is 24.3 Å². The molecule has 6 nitrogen and oxygen atoms in total. The van der Waals surface area contributed by atoms with Gasteiger partial charge in [0.25, 0.3) is 11.7 Å². The number of anilines is 1. The number of aliphatic hydroxyl groups is 1. The van der Waals surface area contributed by atoms with E-state index in [2.05, 4.69) is 18.7 Å². The van der Waals surface area contributed by atoms with E-state index in [1.54, 1.807) is 24.3 Å². The Morgan fingerprint density at radius 3 is 2.27 bits per heavy atom. The van der Waals surface area contributed by atoms with Gasteiger partial charge in [-0.1, -0.05) is 35.9 Å². The standard InChI is InChI=1S/C29H28ClFN2O4/c1-4-32(5-2)22-13-8-19(9-14-22)26-25(27(34)20-10-15-23(30)24(16-20)37-3)28(35)29(36)33(26)17-18-6-11-21(31)12-7-18/h6-16,26,34H,4-5,17H2,1-3H3/b27-25-. The Kier molecular flexibility index (Phi) is 7.83. The summed E-state index contributed by atoms with van der Waals surface area (Å²) in [6.07, 6.45) is 0. The van der Waals surface area contributed by atoms with Gasteiger partial charge in [0.15, 0.2) is 0 Å². The number of benzene rings is 3. The highest BCUT2D eigenvalue weighted by molar-refractivity contribution is 6.46. The number of Topliss-reactive ketones (excluding diaryl/α,β-unsaturated/α-hetero) is 1. The van der Waals surface area contributed by atoms with Crippen LogP contribution in [0.3, 0.4) is 0 Å². The average molecular weight is 523 g/mol. The third kappa shape index (κ3) is 5.18. The van der Waals surface area contributed by atoms with Gasteiger partial charge in [-0.05, 0) is 67.4 Å². The number of halogens is 2. The van der Waals surface area contributed by atoms with Crippen molar-refractivity contribution in [2.45, 2.75) is 26.4 Å². The lowest BCUT2D eigenvalue weighted by Gasteiger charge is -2.27. The van der Waals surface area contributed by atoms with E-state index in [9.17, 15) is 19.1 Å². The molecule has 1 amide bonds. The number of ketones is 1. The van der Waals surface area contributed by atoms with Crippen LogP contribution >= 0.6 is 11.6 Å². The molecule has 0 saturated carbocycles. The maximum absolute atomic E-state index is 13.5. The van der Waals surface area contributed by atoms with Gasteiger partial charge in [0, 0.05) is 30.9 Å². The molecule has 0 aromatic heterocycles. The van der Waals surface area contributed by atoms with Crippen molar-refractivity contribution >= 4 is 34.7 Å². The number of hydrogen-bond donors (Lipinski definition) is 1. The number of aliphatic hydroxyl groups excluding tert-OH is 1. The van der Waals surface area contributed by atoms with Gasteiger partial charge in [0.1, 0.15) is 17.3 Å². The molecule has 1 heterocycles. The van der Waals surface area contributed by atoms with E-state index in [1.165, 1.54) is 30.2 Å². The molecule has 192 valence electrons. The van der Waals surface area contributed by atoms with E-state index in [-0.39, 0.29) is 17.9 Å². The molecule has 1 fully saturated rings. The van der Waals surface area contributed by atoms with Gasteiger partial charge in [0.2, 0.25) is 0 Å². The Balaban J connectivity index is 1.84. The first kappa shape index (κ1) is 26.2. The van der Waals surface area contributed by atoms with Crippen LogP contribution in [0.2, 0.25) is 5.02 Å². The Labute approximate surface area is 220 Å². The number of rotatable bonds is 8. The molecule has 0 aliphatic carbocycles. The van der Waals surface area contributed by atoms with Crippen molar-refractivity contribution in [3.63, 3.8) is 0 Å². The molecule has 1 N–H and O–H groups in total. The molecular formula is C29H28ClFN2O4. The minimum atomic E-state index is -0.850. The third-order valence-corrected chi connectivity index (χ3v) is 6.88. The second-order valence-corrected chi connectivity index (χ2v) is 9.07. The van der Waals surface area contributed by atoms with Crippen molar-refractivity contribution < 1.29 is 23.8 Å². The number of likely N-dealkylation sites (tertiary alicyclic amines) is 1. The van der Waals surface area contributed by atoms with Gasteiger partial charge in [-0.3, -0.25) is 9.59 Å². The SMILES string of the molecule is CCN(CC)c1ccc(C2/C(=C(/O)c3ccc(Cl)c(OC)c3)C(=O)C(=O)N2Cc2ccc(F)cc2)cc1. The van der Waals surface area contributed by atoms with Crippen molar-refractivity contribution in [2.24, 2.45) is 0 Å². The van der Waals surface area contributed by atoms with E-state index in [0.29, 0.717) is 27.5 Å². The minimum Gasteiger partial charge on any atom is -0.507 e. The fraction of sp³-hybridized carbons (Fsp3) is 0.241. The summed E-state index contributed by atoms with van der Waals surface area (Å²) in [6.45, 7) is 5.85. The number of hydrogen-bond acceptors (Lipinski definition) is 5. The predicted molar refractivity (Wildman–Crippen MR) is 142 cm³/mol. The number of carbonyl (C=O) groups is 2. The number of nitrogens with zero attached hydrogens (tertiary/aromatic N) is 2. The number of methoxy groups -OCH3 is 1. The third-order valence-electron chi connectivity index (χ3n) is 6.57. The molecule has 8 heteroatoms. The fourth-order valence-corrected chi connectivity index (χ4v) is 4.79. The zero-order valence-electron chi connectivity index (χ0n) is 20.9.